The van der Waals surface area contributed by atoms with Crippen LogP contribution < -0.4 is 4.90 Å². The van der Waals surface area contributed by atoms with Gasteiger partial charge in [0.15, 0.2) is 0 Å². The number of nitrogens with one attached hydrogen (secondary N) is 1. The molecule has 0 saturated heterocycles. The van der Waals surface area contributed by atoms with Gasteiger partial charge in [-0.1, -0.05) is 166 Å². The molecule has 0 unspecified atom stereocenters. The summed E-state index contributed by atoms with van der Waals surface area (Å²) in [6.07, 6.45) is 0. The number of anilines is 3. The zero-order valence-electron chi connectivity index (χ0n) is 33.2. The van der Waals surface area contributed by atoms with Crippen LogP contribution in [0.3, 0.4) is 0 Å². The van der Waals surface area contributed by atoms with Gasteiger partial charge in [-0.15, -0.1) is 0 Å². The maximum atomic E-state index is 3.73. The van der Waals surface area contributed by atoms with E-state index in [2.05, 4.69) is 236 Å². The Labute approximate surface area is 345 Å². The van der Waals surface area contributed by atoms with Gasteiger partial charge in [0.05, 0.1) is 0 Å². The molecule has 2 heteroatoms. The Bertz CT molecular complexity index is 3040. The van der Waals surface area contributed by atoms with E-state index >= 15 is 0 Å². The third kappa shape index (κ3) is 6.04. The fourth-order valence-electron chi connectivity index (χ4n) is 9.25. The molecule has 1 aromatic heterocycles. The quantitative estimate of drug-likeness (QED) is 0.172. The lowest BCUT2D eigenvalue weighted by Crippen LogP contribution is -2.14. The van der Waals surface area contributed by atoms with Crippen molar-refractivity contribution in [3.8, 4) is 55.6 Å². The average molecular weight is 755 g/mol. The van der Waals surface area contributed by atoms with E-state index in [1.165, 1.54) is 88.6 Å². The Balaban J connectivity index is 0.897. The van der Waals surface area contributed by atoms with Crippen LogP contribution in [-0.2, 0) is 5.41 Å². The van der Waals surface area contributed by atoms with Crippen molar-refractivity contribution in [2.24, 2.45) is 0 Å². The number of benzene rings is 9. The van der Waals surface area contributed by atoms with Gasteiger partial charge >= 0.3 is 0 Å². The molecule has 59 heavy (non-hydrogen) atoms. The molecule has 1 aliphatic rings. The molecule has 0 aliphatic heterocycles. The first-order valence-corrected chi connectivity index (χ1v) is 20.5. The van der Waals surface area contributed by atoms with Crippen molar-refractivity contribution in [1.29, 1.82) is 0 Å². The Morgan fingerprint density at radius 2 is 0.729 bits per heavy atom. The molecule has 280 valence electrons. The first-order valence-electron chi connectivity index (χ1n) is 20.5. The molecule has 10 aromatic rings. The Morgan fingerprint density at radius 1 is 0.322 bits per heavy atom. The summed E-state index contributed by atoms with van der Waals surface area (Å²) in [6, 6.07) is 77.3. The van der Waals surface area contributed by atoms with Crippen molar-refractivity contribution in [2.75, 3.05) is 4.90 Å². The smallest absolute Gasteiger partial charge is 0.0468 e. The molecule has 1 aliphatic carbocycles. The molecule has 0 fully saturated rings. The molecule has 0 spiro atoms. The SMILES string of the molecule is CC1(C)c2ccccc2-c2cc3c(cc21)[nH]c1ccc(-c2ccc(-c4ccc(N(c5ccc(-c6ccccc6)cc5)c5ccc(-c6ccccc6)cc5)cc4)cc2)cc13. The monoisotopic (exact) mass is 754 g/mol. The van der Waals surface area contributed by atoms with Crippen molar-refractivity contribution in [2.45, 2.75) is 19.3 Å². The highest BCUT2D eigenvalue weighted by Gasteiger charge is 2.35. The van der Waals surface area contributed by atoms with Crippen molar-refractivity contribution in [3.05, 3.63) is 223 Å². The molecule has 9 aromatic carbocycles. The summed E-state index contributed by atoms with van der Waals surface area (Å²) in [5.74, 6) is 0. The van der Waals surface area contributed by atoms with Crippen molar-refractivity contribution < 1.29 is 0 Å². The van der Waals surface area contributed by atoms with Crippen LogP contribution in [0.2, 0.25) is 0 Å². The second kappa shape index (κ2) is 13.9. The molecule has 2 nitrogen and oxygen atoms in total. The van der Waals surface area contributed by atoms with Crippen molar-refractivity contribution in [1.82, 2.24) is 4.98 Å². The third-order valence-corrected chi connectivity index (χ3v) is 12.4. The zero-order valence-corrected chi connectivity index (χ0v) is 33.2. The molecule has 0 saturated carbocycles. The van der Waals surface area contributed by atoms with Gasteiger partial charge in [-0.05, 0) is 127 Å². The molecule has 0 radical (unpaired) electrons. The summed E-state index contributed by atoms with van der Waals surface area (Å²) in [5, 5.41) is 2.54. The van der Waals surface area contributed by atoms with Crippen LogP contribution in [0, 0.1) is 0 Å². The number of H-pyrrole nitrogens is 1. The van der Waals surface area contributed by atoms with Crippen LogP contribution in [0.4, 0.5) is 17.1 Å². The highest BCUT2D eigenvalue weighted by Crippen LogP contribution is 2.50. The maximum absolute atomic E-state index is 3.73. The zero-order chi connectivity index (χ0) is 39.5. The van der Waals surface area contributed by atoms with E-state index < -0.39 is 0 Å². The standard InChI is InChI=1S/C57H42N2/c1-57(2)53-16-10-9-15-49(53)50-36-52-51-35-45(27-34-55(51)58-56(52)37-54(50)57)44-19-17-40(18-20-44)43-25-32-48(33-26-43)59(46-28-21-41(22-29-46)38-11-5-3-6-12-38)47-30-23-42(24-31-47)39-13-7-4-8-14-39/h3-37,58H,1-2H3. The van der Waals surface area contributed by atoms with Gasteiger partial charge in [0.2, 0.25) is 0 Å². The summed E-state index contributed by atoms with van der Waals surface area (Å²) in [4.78, 5) is 6.07. The lowest BCUT2D eigenvalue weighted by molar-refractivity contribution is 0.661. The molecular formula is C57H42N2. The summed E-state index contributed by atoms with van der Waals surface area (Å²) >= 11 is 0. The predicted octanol–water partition coefficient (Wildman–Crippen LogP) is 15.8. The lowest BCUT2D eigenvalue weighted by atomic mass is 9.82. The van der Waals surface area contributed by atoms with E-state index in [-0.39, 0.29) is 5.41 Å². The number of aromatic nitrogens is 1. The second-order valence-electron chi connectivity index (χ2n) is 16.3. The molecule has 0 amide bonds. The largest absolute Gasteiger partial charge is 0.355 e. The summed E-state index contributed by atoms with van der Waals surface area (Å²) in [5.41, 5.74) is 20.8. The normalized spacial score (nSPS) is 12.7. The topological polar surface area (TPSA) is 19.0 Å². The molecule has 0 bridgehead atoms. The first-order chi connectivity index (χ1) is 29.0. The minimum absolute atomic E-state index is 0.0196. The van der Waals surface area contributed by atoms with E-state index in [0.29, 0.717) is 0 Å². The van der Waals surface area contributed by atoms with Crippen LogP contribution in [-0.4, -0.2) is 4.98 Å². The highest BCUT2D eigenvalue weighted by molar-refractivity contribution is 6.11. The summed E-state index contributed by atoms with van der Waals surface area (Å²) in [7, 11) is 0. The minimum Gasteiger partial charge on any atom is -0.355 e. The predicted molar refractivity (Wildman–Crippen MR) is 250 cm³/mol. The fourth-order valence-corrected chi connectivity index (χ4v) is 9.25. The van der Waals surface area contributed by atoms with E-state index in [1.54, 1.807) is 0 Å². The van der Waals surface area contributed by atoms with Gasteiger partial charge in [0, 0.05) is 44.3 Å². The van der Waals surface area contributed by atoms with Gasteiger partial charge in [0.25, 0.3) is 0 Å². The number of hydrogen-bond acceptors (Lipinski definition) is 1. The van der Waals surface area contributed by atoms with Gasteiger partial charge in [0.1, 0.15) is 0 Å². The van der Waals surface area contributed by atoms with Gasteiger partial charge < -0.3 is 9.88 Å². The molecule has 0 atom stereocenters. The molecule has 11 rings (SSSR count). The Hall–Kier alpha value is -7.42. The number of nitrogens with zero attached hydrogens (tertiary/aromatic N) is 1. The van der Waals surface area contributed by atoms with E-state index in [1.807, 2.05) is 0 Å². The number of aromatic amines is 1. The van der Waals surface area contributed by atoms with Gasteiger partial charge in [-0.2, -0.15) is 0 Å². The van der Waals surface area contributed by atoms with E-state index in [4.69, 9.17) is 0 Å². The lowest BCUT2D eigenvalue weighted by Gasteiger charge is -2.26. The van der Waals surface area contributed by atoms with Crippen LogP contribution in [0.15, 0.2) is 212 Å². The van der Waals surface area contributed by atoms with Crippen LogP contribution in [0.5, 0.6) is 0 Å². The van der Waals surface area contributed by atoms with Crippen molar-refractivity contribution in [3.63, 3.8) is 0 Å². The van der Waals surface area contributed by atoms with E-state index in [0.717, 1.165) is 17.1 Å². The number of fused-ring (bicyclic) bond motifs is 6. The summed E-state index contributed by atoms with van der Waals surface area (Å²) < 4.78 is 0. The summed E-state index contributed by atoms with van der Waals surface area (Å²) in [6.45, 7) is 4.68. The molecule has 1 heterocycles. The van der Waals surface area contributed by atoms with Crippen LogP contribution in [0.1, 0.15) is 25.0 Å². The second-order valence-corrected chi connectivity index (χ2v) is 16.3. The maximum Gasteiger partial charge on any atom is 0.0468 e. The number of hydrogen-bond donors (Lipinski definition) is 1. The van der Waals surface area contributed by atoms with Gasteiger partial charge in [-0.3, -0.25) is 0 Å². The highest BCUT2D eigenvalue weighted by atomic mass is 15.1. The van der Waals surface area contributed by atoms with Gasteiger partial charge in [-0.25, -0.2) is 0 Å². The Kier molecular flexibility index (Phi) is 8.20. The van der Waals surface area contributed by atoms with E-state index in [9.17, 15) is 0 Å². The first kappa shape index (κ1) is 34.8. The average Bonchev–Trinajstić information content (AvgIpc) is 3.77. The third-order valence-electron chi connectivity index (χ3n) is 12.4. The minimum atomic E-state index is -0.0196. The molecular weight excluding hydrogens is 713 g/mol. The number of rotatable bonds is 7. The Morgan fingerprint density at radius 3 is 1.25 bits per heavy atom. The molecule has 1 N–H and O–H groups in total. The van der Waals surface area contributed by atoms with Crippen molar-refractivity contribution >= 4 is 38.9 Å². The van der Waals surface area contributed by atoms with Crippen LogP contribution in [0.25, 0.3) is 77.4 Å². The van der Waals surface area contributed by atoms with Crippen LogP contribution >= 0.6 is 0 Å². The fraction of sp³-hybridized carbons (Fsp3) is 0.0526.